The summed E-state index contributed by atoms with van der Waals surface area (Å²) >= 11 is 5.58. The maximum atomic E-state index is 14.7. The van der Waals surface area contributed by atoms with Crippen molar-refractivity contribution in [3.8, 4) is 34.5 Å². The van der Waals surface area contributed by atoms with Crippen LogP contribution in [-0.4, -0.2) is 77.6 Å². The molecule has 0 aliphatic heterocycles. The summed E-state index contributed by atoms with van der Waals surface area (Å²) < 4.78 is 21.1. The smallest absolute Gasteiger partial charge is 0.308 e. The number of carboxylic acids is 3. The Morgan fingerprint density at radius 2 is 0.797 bits per heavy atom. The fourth-order valence-electron chi connectivity index (χ4n) is 8.00. The van der Waals surface area contributed by atoms with Gasteiger partial charge in [0.25, 0.3) is 0 Å². The van der Waals surface area contributed by atoms with Gasteiger partial charge in [0, 0.05) is 67.7 Å². The lowest BCUT2D eigenvalue weighted by Gasteiger charge is -2.09. The van der Waals surface area contributed by atoms with Gasteiger partial charge in [0.15, 0.2) is 5.95 Å². The van der Waals surface area contributed by atoms with Crippen LogP contribution in [0.3, 0.4) is 0 Å². The van der Waals surface area contributed by atoms with Gasteiger partial charge in [0.05, 0.1) is 63.8 Å². The van der Waals surface area contributed by atoms with Crippen LogP contribution in [0.25, 0.3) is 32.7 Å². The third-order valence-corrected chi connectivity index (χ3v) is 13.3. The number of phenols is 6. The summed E-state index contributed by atoms with van der Waals surface area (Å²) in [7, 11) is 0. The summed E-state index contributed by atoms with van der Waals surface area (Å²) in [5.41, 5.74) is 5.16. The molecule has 0 bridgehead atoms. The zero-order valence-corrected chi connectivity index (χ0v) is 39.8. The van der Waals surface area contributed by atoms with Gasteiger partial charge in [-0.25, -0.2) is 0 Å². The molecule has 0 unspecified atom stereocenters. The molecule has 0 saturated carbocycles. The molecule has 0 atom stereocenters. The standard InChI is InChI=1S/C17H14BrNO4.C17H14FNO4.C17H14INO4/c3*18-17-13(8-16(22)23)12-6-5-11(20)7-14(12)19(17)9-10-3-1-2-4-15(10)21/h3*1-7,20-21H,8-9H2,(H,22,23). The Kier molecular flexibility index (Phi) is 15.0. The Labute approximate surface area is 413 Å². The highest BCUT2D eigenvalue weighted by molar-refractivity contribution is 14.1. The average molecular weight is 1110 g/mol. The molecule has 0 aliphatic rings. The monoisotopic (exact) mass is 1110 g/mol. The molecule has 0 radical (unpaired) electrons. The van der Waals surface area contributed by atoms with Crippen LogP contribution in [0.4, 0.5) is 4.39 Å². The van der Waals surface area contributed by atoms with Gasteiger partial charge in [0.1, 0.15) is 34.5 Å². The summed E-state index contributed by atoms with van der Waals surface area (Å²) in [6.45, 7) is 0.773. The lowest BCUT2D eigenvalue weighted by atomic mass is 10.1. The van der Waals surface area contributed by atoms with Crippen molar-refractivity contribution >= 4 is 89.1 Å². The summed E-state index contributed by atoms with van der Waals surface area (Å²) in [5.74, 6) is -3.11. The maximum absolute atomic E-state index is 14.7. The van der Waals surface area contributed by atoms with Gasteiger partial charge >= 0.3 is 17.9 Å². The second-order valence-electron chi connectivity index (χ2n) is 15.8. The Balaban J connectivity index is 0.000000153. The number of aliphatic carboxylic acids is 3. The number of nitrogens with zero attached hydrogens (tertiary/aromatic N) is 3. The van der Waals surface area contributed by atoms with Crippen molar-refractivity contribution in [2.75, 3.05) is 0 Å². The Hall–Kier alpha value is -7.71. The van der Waals surface area contributed by atoms with Crippen LogP contribution in [0.15, 0.2) is 132 Å². The van der Waals surface area contributed by atoms with Crippen molar-refractivity contribution < 1.29 is 64.7 Å². The normalized spacial score (nSPS) is 11.0. The first-order valence-electron chi connectivity index (χ1n) is 20.9. The zero-order chi connectivity index (χ0) is 49.7. The van der Waals surface area contributed by atoms with E-state index in [9.17, 15) is 49.4 Å². The van der Waals surface area contributed by atoms with Crippen molar-refractivity contribution in [2.24, 2.45) is 0 Å². The lowest BCUT2D eigenvalue weighted by molar-refractivity contribution is -0.137. The number of carbonyl (C=O) groups is 3. The molecule has 69 heavy (non-hydrogen) atoms. The predicted octanol–water partition coefficient (Wildman–Crippen LogP) is 9.69. The minimum absolute atomic E-state index is 0.0219. The molecule has 0 fully saturated rings. The van der Waals surface area contributed by atoms with Gasteiger partial charge in [-0.15, -0.1) is 0 Å². The third kappa shape index (κ3) is 11.0. The van der Waals surface area contributed by atoms with E-state index < -0.39 is 30.3 Å². The van der Waals surface area contributed by atoms with Gasteiger partial charge in [-0.1, -0.05) is 54.6 Å². The van der Waals surface area contributed by atoms with Crippen molar-refractivity contribution in [2.45, 2.75) is 38.9 Å². The number of halogens is 3. The number of fused-ring (bicyclic) bond motifs is 3. The van der Waals surface area contributed by atoms with E-state index in [1.807, 2.05) is 27.3 Å². The second kappa shape index (κ2) is 21.1. The molecule has 9 aromatic rings. The van der Waals surface area contributed by atoms with Crippen LogP contribution in [0.5, 0.6) is 34.5 Å². The number of benzene rings is 6. The van der Waals surface area contributed by atoms with E-state index in [4.69, 9.17) is 15.3 Å². The second-order valence-corrected chi connectivity index (χ2v) is 17.5. The third-order valence-electron chi connectivity index (χ3n) is 11.2. The molecule has 6 aromatic carbocycles. The van der Waals surface area contributed by atoms with E-state index in [0.717, 1.165) is 25.6 Å². The molecule has 9 N–H and O–H groups in total. The van der Waals surface area contributed by atoms with Crippen molar-refractivity contribution in [1.82, 2.24) is 13.7 Å². The lowest BCUT2D eigenvalue weighted by Crippen LogP contribution is -2.06. The summed E-state index contributed by atoms with van der Waals surface area (Å²) in [6, 6.07) is 34.5. The molecule has 3 heterocycles. The Bertz CT molecular complexity index is 3060. The molecular formula is C51H42BrFIN3O12. The summed E-state index contributed by atoms with van der Waals surface area (Å²) in [4.78, 5) is 33.3. The first-order chi connectivity index (χ1) is 32.9. The summed E-state index contributed by atoms with van der Waals surface area (Å²) in [5, 5.41) is 88.2. The number of phenolic OH excluding ortho intramolecular Hbond substituents is 6. The maximum Gasteiger partial charge on any atom is 0.308 e. The quantitative estimate of drug-likeness (QED) is 0.0519. The predicted molar refractivity (Wildman–Crippen MR) is 267 cm³/mol. The molecule has 0 amide bonds. The fourth-order valence-corrected chi connectivity index (χ4v) is 9.58. The van der Waals surface area contributed by atoms with E-state index in [-0.39, 0.29) is 59.4 Å². The fraction of sp³-hybridized carbons (Fsp3) is 0.118. The molecule has 15 nitrogen and oxygen atoms in total. The van der Waals surface area contributed by atoms with Crippen molar-refractivity contribution in [3.05, 3.63) is 175 Å². The minimum atomic E-state index is -1.14. The van der Waals surface area contributed by atoms with Crippen molar-refractivity contribution in [3.63, 3.8) is 0 Å². The minimum Gasteiger partial charge on any atom is -0.508 e. The zero-order valence-electron chi connectivity index (χ0n) is 36.1. The van der Waals surface area contributed by atoms with E-state index in [1.165, 1.54) is 34.9 Å². The highest BCUT2D eigenvalue weighted by atomic mass is 127. The molecule has 9 rings (SSSR count). The summed E-state index contributed by atoms with van der Waals surface area (Å²) in [6.07, 6.45) is -0.677. The van der Waals surface area contributed by atoms with E-state index in [0.29, 0.717) is 56.4 Å². The Morgan fingerprint density at radius 3 is 1.23 bits per heavy atom. The number of aromatic nitrogens is 3. The van der Waals surface area contributed by atoms with Crippen LogP contribution in [0.1, 0.15) is 33.4 Å². The van der Waals surface area contributed by atoms with Crippen LogP contribution in [0.2, 0.25) is 0 Å². The molecule has 0 aliphatic carbocycles. The highest BCUT2D eigenvalue weighted by Crippen LogP contribution is 2.36. The van der Waals surface area contributed by atoms with E-state index in [2.05, 4.69) is 38.5 Å². The SMILES string of the molecule is O=C(O)Cc1c(Br)n(Cc2ccccc2O)c2cc(O)ccc12.O=C(O)Cc1c(F)n(Cc2ccccc2O)c2cc(O)ccc12.O=C(O)Cc1c(I)n(Cc2ccccc2O)c2cc(O)ccc12. The number of hydrogen-bond donors (Lipinski definition) is 9. The topological polar surface area (TPSA) is 248 Å². The number of hydrogen-bond acceptors (Lipinski definition) is 9. The average Bonchev–Trinajstić information content (AvgIpc) is 3.80. The first kappa shape index (κ1) is 49.2. The van der Waals surface area contributed by atoms with Crippen LogP contribution < -0.4 is 0 Å². The van der Waals surface area contributed by atoms with Crippen LogP contribution >= 0.6 is 38.5 Å². The number of aromatic hydroxyl groups is 6. The first-order valence-corrected chi connectivity index (χ1v) is 22.7. The van der Waals surface area contributed by atoms with Crippen LogP contribution in [0, 0.1) is 9.65 Å². The van der Waals surface area contributed by atoms with Crippen molar-refractivity contribution in [1.29, 1.82) is 0 Å². The van der Waals surface area contributed by atoms with Gasteiger partial charge in [-0.05, 0) is 93.1 Å². The molecular weight excluding hydrogens is 1070 g/mol. The van der Waals surface area contributed by atoms with Gasteiger partial charge in [-0.3, -0.25) is 14.4 Å². The number of rotatable bonds is 12. The molecule has 3 aromatic heterocycles. The molecule has 354 valence electrons. The number of para-hydroxylation sites is 3. The van der Waals surface area contributed by atoms with E-state index >= 15 is 0 Å². The van der Waals surface area contributed by atoms with Gasteiger partial charge in [0.2, 0.25) is 0 Å². The molecule has 18 heteroatoms. The number of carboxylic acid groups (broad SMARTS) is 3. The largest absolute Gasteiger partial charge is 0.508 e. The van der Waals surface area contributed by atoms with Gasteiger partial charge in [-0.2, -0.15) is 4.39 Å². The Morgan fingerprint density at radius 1 is 0.464 bits per heavy atom. The van der Waals surface area contributed by atoms with Crippen LogP contribution in [-0.2, 0) is 53.3 Å². The molecule has 0 saturated heterocycles. The van der Waals surface area contributed by atoms with E-state index in [1.54, 1.807) is 78.9 Å². The highest BCUT2D eigenvalue weighted by Gasteiger charge is 2.22. The van der Waals surface area contributed by atoms with Gasteiger partial charge < -0.3 is 59.7 Å². The molecule has 0 spiro atoms.